The van der Waals surface area contributed by atoms with Crippen molar-refractivity contribution < 1.29 is 4.79 Å². The molecule has 0 aliphatic rings. The van der Waals surface area contributed by atoms with E-state index in [-0.39, 0.29) is 0 Å². The second kappa shape index (κ2) is 6.33. The number of aromatic amines is 1. The van der Waals surface area contributed by atoms with Gasteiger partial charge in [0.25, 0.3) is 5.56 Å². The van der Waals surface area contributed by atoms with E-state index in [1.807, 2.05) is 0 Å². The van der Waals surface area contributed by atoms with E-state index in [9.17, 15) is 14.4 Å². The first-order valence-corrected chi connectivity index (χ1v) is 7.65. The van der Waals surface area contributed by atoms with Crippen LogP contribution in [0, 0.1) is 0 Å². The second-order valence-corrected chi connectivity index (χ2v) is 5.76. The zero-order valence-electron chi connectivity index (χ0n) is 12.7. The Balaban J connectivity index is 1.97. The molecule has 0 bridgehead atoms. The van der Waals surface area contributed by atoms with Gasteiger partial charge in [0.1, 0.15) is 6.04 Å². The van der Waals surface area contributed by atoms with Crippen molar-refractivity contribution in [3.63, 3.8) is 0 Å². The molecule has 0 saturated carbocycles. The fourth-order valence-electron chi connectivity index (χ4n) is 2.42. The summed E-state index contributed by atoms with van der Waals surface area (Å²) in [5, 5.41) is 3.55. The molecule has 1 aromatic heterocycles. The summed E-state index contributed by atoms with van der Waals surface area (Å²) in [4.78, 5) is 39.7. The lowest BCUT2D eigenvalue weighted by Gasteiger charge is -2.15. The van der Waals surface area contributed by atoms with Crippen molar-refractivity contribution in [3.05, 3.63) is 74.4 Å². The van der Waals surface area contributed by atoms with Crippen molar-refractivity contribution in [2.45, 2.75) is 13.0 Å². The van der Waals surface area contributed by atoms with Gasteiger partial charge < -0.3 is 10.3 Å². The topological polar surface area (TPSA) is 84.0 Å². The van der Waals surface area contributed by atoms with Gasteiger partial charge in [0.15, 0.2) is 0 Å². The van der Waals surface area contributed by atoms with E-state index in [1.54, 1.807) is 48.5 Å². The maximum absolute atomic E-state index is 12.5. The molecule has 0 aliphatic heterocycles. The number of carbonyl (C=O) groups excluding carboxylic acids is 1. The number of carbonyl (C=O) groups is 1. The summed E-state index contributed by atoms with van der Waals surface area (Å²) in [6, 6.07) is 12.2. The molecule has 0 aliphatic carbocycles. The van der Waals surface area contributed by atoms with Gasteiger partial charge in [-0.3, -0.25) is 9.59 Å². The highest BCUT2D eigenvalue weighted by Crippen LogP contribution is 2.15. The molecule has 122 valence electrons. The predicted octanol–water partition coefficient (Wildman–Crippen LogP) is 2.54. The molecule has 6 nitrogen and oxygen atoms in total. The molecule has 0 fully saturated rings. The molecule has 3 rings (SSSR count). The molecular formula is C17H14ClN3O3. The normalized spacial score (nSPS) is 12.1. The number of H-pyrrole nitrogens is 1. The van der Waals surface area contributed by atoms with Crippen LogP contribution in [0.5, 0.6) is 0 Å². The monoisotopic (exact) mass is 343 g/mol. The Kier molecular flexibility index (Phi) is 4.22. The third-order valence-electron chi connectivity index (χ3n) is 3.72. The van der Waals surface area contributed by atoms with E-state index < -0.39 is 23.2 Å². The Morgan fingerprint density at radius 2 is 1.79 bits per heavy atom. The fourth-order valence-corrected chi connectivity index (χ4v) is 2.55. The van der Waals surface area contributed by atoms with Crippen molar-refractivity contribution in [3.8, 4) is 0 Å². The molecule has 0 spiro atoms. The van der Waals surface area contributed by atoms with E-state index in [1.165, 1.54) is 6.92 Å². The molecule has 3 aromatic rings. The van der Waals surface area contributed by atoms with Gasteiger partial charge in [0.05, 0.1) is 10.9 Å². The van der Waals surface area contributed by atoms with E-state index in [4.69, 9.17) is 11.6 Å². The van der Waals surface area contributed by atoms with Crippen molar-refractivity contribution in [1.29, 1.82) is 0 Å². The predicted molar refractivity (Wildman–Crippen MR) is 93.6 cm³/mol. The molecule has 2 aromatic carbocycles. The van der Waals surface area contributed by atoms with Gasteiger partial charge in [-0.15, -0.1) is 0 Å². The average molecular weight is 344 g/mol. The average Bonchev–Trinajstić information content (AvgIpc) is 2.56. The van der Waals surface area contributed by atoms with Gasteiger partial charge >= 0.3 is 5.69 Å². The van der Waals surface area contributed by atoms with Crippen LogP contribution < -0.4 is 16.6 Å². The first-order chi connectivity index (χ1) is 11.5. The van der Waals surface area contributed by atoms with Crippen LogP contribution in [-0.2, 0) is 4.79 Å². The van der Waals surface area contributed by atoms with Gasteiger partial charge in [0.2, 0.25) is 5.91 Å². The number of amides is 1. The van der Waals surface area contributed by atoms with Crippen LogP contribution in [0.2, 0.25) is 5.02 Å². The number of halogens is 1. The highest BCUT2D eigenvalue weighted by molar-refractivity contribution is 6.30. The Morgan fingerprint density at radius 1 is 1.12 bits per heavy atom. The maximum Gasteiger partial charge on any atom is 0.329 e. The summed E-state index contributed by atoms with van der Waals surface area (Å²) < 4.78 is 0.910. The maximum atomic E-state index is 12.5. The fraction of sp³-hybridized carbons (Fsp3) is 0.118. The number of nitrogens with zero attached hydrogens (tertiary/aromatic N) is 1. The van der Waals surface area contributed by atoms with Crippen LogP contribution >= 0.6 is 11.6 Å². The summed E-state index contributed by atoms with van der Waals surface area (Å²) in [5.74, 6) is -0.472. The van der Waals surface area contributed by atoms with E-state index in [0.29, 0.717) is 21.6 Å². The summed E-state index contributed by atoms with van der Waals surface area (Å²) in [5.41, 5.74) is -0.166. The summed E-state index contributed by atoms with van der Waals surface area (Å²) in [7, 11) is 0. The number of aromatic nitrogens is 2. The van der Waals surface area contributed by atoms with Gasteiger partial charge in [-0.2, -0.15) is 0 Å². The van der Waals surface area contributed by atoms with Gasteiger partial charge in [-0.05, 0) is 43.3 Å². The van der Waals surface area contributed by atoms with Crippen molar-refractivity contribution in [1.82, 2.24) is 9.55 Å². The lowest BCUT2D eigenvalue weighted by molar-refractivity contribution is -0.119. The quantitative estimate of drug-likeness (QED) is 0.766. The highest BCUT2D eigenvalue weighted by Gasteiger charge is 2.20. The number of anilines is 1. The van der Waals surface area contributed by atoms with Gasteiger partial charge in [-0.1, -0.05) is 23.7 Å². The standard InChI is InChI=1S/C17H14ClN3O3/c1-10(15(22)19-12-8-6-11(18)7-9-12)21-16(23)13-4-2-3-5-14(13)20-17(21)24/h2-10H,1H3,(H,19,22)(H,20,24). The zero-order valence-corrected chi connectivity index (χ0v) is 13.5. The Morgan fingerprint density at radius 3 is 2.50 bits per heavy atom. The number of hydrogen-bond donors (Lipinski definition) is 2. The third-order valence-corrected chi connectivity index (χ3v) is 3.97. The summed E-state index contributed by atoms with van der Waals surface area (Å²) >= 11 is 5.80. The first kappa shape index (κ1) is 16.0. The molecule has 2 N–H and O–H groups in total. The number of benzene rings is 2. The molecule has 1 atom stereocenters. The Bertz CT molecular complexity index is 1020. The van der Waals surface area contributed by atoms with Crippen LogP contribution in [-0.4, -0.2) is 15.5 Å². The van der Waals surface area contributed by atoms with Gasteiger partial charge in [0, 0.05) is 10.7 Å². The van der Waals surface area contributed by atoms with Crippen LogP contribution in [0.15, 0.2) is 58.1 Å². The highest BCUT2D eigenvalue weighted by atomic mass is 35.5. The van der Waals surface area contributed by atoms with E-state index >= 15 is 0 Å². The molecular weight excluding hydrogens is 330 g/mol. The largest absolute Gasteiger partial charge is 0.329 e. The number of hydrogen-bond acceptors (Lipinski definition) is 3. The minimum absolute atomic E-state index is 0.350. The molecule has 7 heteroatoms. The van der Waals surface area contributed by atoms with Crippen LogP contribution in [0.3, 0.4) is 0 Å². The molecule has 24 heavy (non-hydrogen) atoms. The Hall–Kier alpha value is -2.86. The Labute approximate surface area is 141 Å². The number of rotatable bonds is 3. The zero-order chi connectivity index (χ0) is 17.3. The smallest absolute Gasteiger partial charge is 0.324 e. The van der Waals surface area contributed by atoms with Crippen LogP contribution in [0.25, 0.3) is 10.9 Å². The molecule has 0 saturated heterocycles. The number of para-hydroxylation sites is 1. The SMILES string of the molecule is CC(C(=O)Nc1ccc(Cl)cc1)n1c(=O)[nH]c2ccccc2c1=O. The molecule has 1 heterocycles. The summed E-state index contributed by atoms with van der Waals surface area (Å²) in [6.45, 7) is 1.50. The second-order valence-electron chi connectivity index (χ2n) is 5.32. The van der Waals surface area contributed by atoms with Crippen molar-refractivity contribution >= 4 is 34.1 Å². The van der Waals surface area contributed by atoms with Crippen LogP contribution in [0.1, 0.15) is 13.0 Å². The van der Waals surface area contributed by atoms with Crippen molar-refractivity contribution in [2.24, 2.45) is 0 Å². The lowest BCUT2D eigenvalue weighted by Crippen LogP contribution is -2.41. The van der Waals surface area contributed by atoms with E-state index in [0.717, 1.165) is 4.57 Å². The minimum Gasteiger partial charge on any atom is -0.324 e. The molecule has 1 amide bonds. The summed E-state index contributed by atoms with van der Waals surface area (Å²) in [6.07, 6.45) is 0. The van der Waals surface area contributed by atoms with Gasteiger partial charge in [-0.25, -0.2) is 9.36 Å². The lowest BCUT2D eigenvalue weighted by atomic mass is 10.2. The first-order valence-electron chi connectivity index (χ1n) is 7.27. The number of fused-ring (bicyclic) bond motifs is 1. The van der Waals surface area contributed by atoms with Crippen LogP contribution in [0.4, 0.5) is 5.69 Å². The van der Waals surface area contributed by atoms with E-state index in [2.05, 4.69) is 10.3 Å². The third kappa shape index (κ3) is 2.96. The molecule has 0 radical (unpaired) electrons. The van der Waals surface area contributed by atoms with Crippen molar-refractivity contribution in [2.75, 3.05) is 5.32 Å². The minimum atomic E-state index is -0.971. The number of nitrogens with one attached hydrogen (secondary N) is 2. The molecule has 1 unspecified atom stereocenters.